The molecule has 1 aliphatic rings. The Balaban J connectivity index is 2.00. The summed E-state index contributed by atoms with van der Waals surface area (Å²) in [6.07, 6.45) is 1.56. The van der Waals surface area contributed by atoms with E-state index in [0.29, 0.717) is 5.56 Å². The van der Waals surface area contributed by atoms with Gasteiger partial charge in [0, 0.05) is 6.08 Å². The molecule has 2 aromatic rings. The molecule has 2 atom stereocenters. The van der Waals surface area contributed by atoms with Crippen molar-refractivity contribution in [1.82, 2.24) is 4.31 Å². The van der Waals surface area contributed by atoms with Crippen LogP contribution in [0.15, 0.2) is 71.6 Å². The number of amides is 1. The fourth-order valence-corrected chi connectivity index (χ4v) is 5.92. The van der Waals surface area contributed by atoms with E-state index in [0.717, 1.165) is 15.9 Å². The Labute approximate surface area is 208 Å². The Kier molecular flexibility index (Phi) is 7.73. The van der Waals surface area contributed by atoms with Crippen LogP contribution in [0, 0.1) is 6.92 Å². The van der Waals surface area contributed by atoms with Crippen molar-refractivity contribution < 1.29 is 27.2 Å². The minimum Gasteiger partial charge on any atom is -0.452 e. The van der Waals surface area contributed by atoms with E-state index in [9.17, 15) is 18.0 Å². The Morgan fingerprint density at radius 1 is 1.03 bits per heavy atom. The number of esters is 1. The summed E-state index contributed by atoms with van der Waals surface area (Å²) in [4.78, 5) is 25.8. The Morgan fingerprint density at radius 2 is 1.63 bits per heavy atom. The van der Waals surface area contributed by atoms with Crippen molar-refractivity contribution in [2.75, 3.05) is 6.61 Å². The normalized spacial score (nSPS) is 19.0. The monoisotopic (exact) mass is 515 g/mol. The molecule has 0 aliphatic carbocycles. The van der Waals surface area contributed by atoms with Gasteiger partial charge in [-0.3, -0.25) is 4.79 Å². The zero-order valence-corrected chi connectivity index (χ0v) is 22.8. The predicted octanol–water partition coefficient (Wildman–Crippen LogP) is 4.70. The molecule has 0 aromatic heterocycles. The lowest BCUT2D eigenvalue weighted by atomic mass is 10.1. The number of hydrogen-bond acceptors (Lipinski definition) is 6. The maximum atomic E-state index is 13.6. The van der Waals surface area contributed by atoms with E-state index in [1.807, 2.05) is 20.0 Å². The molecule has 1 aliphatic heterocycles. The summed E-state index contributed by atoms with van der Waals surface area (Å²) in [5.74, 6) is -1.32. The minimum absolute atomic E-state index is 0.0165. The average molecular weight is 516 g/mol. The third kappa shape index (κ3) is 5.91. The van der Waals surface area contributed by atoms with E-state index in [1.54, 1.807) is 42.5 Å². The molecule has 1 heterocycles. The molecule has 1 amide bonds. The molecule has 0 fully saturated rings. The van der Waals surface area contributed by atoms with Gasteiger partial charge in [0.15, 0.2) is 8.32 Å². The largest absolute Gasteiger partial charge is 0.452 e. The van der Waals surface area contributed by atoms with Crippen molar-refractivity contribution in [3.05, 3.63) is 77.9 Å². The third-order valence-corrected chi connectivity index (χ3v) is 12.9. The molecule has 0 N–H and O–H groups in total. The lowest BCUT2D eigenvalue weighted by molar-refractivity contribution is -0.126. The molecule has 0 radical (unpaired) electrons. The highest BCUT2D eigenvalue weighted by atomic mass is 32.2. The van der Waals surface area contributed by atoms with Gasteiger partial charge in [0.05, 0.1) is 17.1 Å². The molecular formula is C26H33NO6SSi. The second-order valence-corrected chi connectivity index (χ2v) is 16.8. The quantitative estimate of drug-likeness (QED) is 0.392. The van der Waals surface area contributed by atoms with Crippen LogP contribution in [0.3, 0.4) is 0 Å². The van der Waals surface area contributed by atoms with Crippen LogP contribution in [0.4, 0.5) is 0 Å². The number of benzene rings is 2. The standard InChI is InChI=1S/C26H33NO6SSi/c1-19-12-14-21(15-13-19)34(30,31)27-22(18-32-35(5,6)26(2,3)4)23(16-17-24(27)28)33-25(29)20-10-8-7-9-11-20/h7-17,22-23H,18H2,1-6H3/t22-,23-/m0/s1. The molecule has 0 bridgehead atoms. The summed E-state index contributed by atoms with van der Waals surface area (Å²) < 4.78 is 40.1. The first-order chi connectivity index (χ1) is 16.2. The lowest BCUT2D eigenvalue weighted by Crippen LogP contribution is -2.56. The van der Waals surface area contributed by atoms with E-state index in [1.165, 1.54) is 18.2 Å². The predicted molar refractivity (Wildman–Crippen MR) is 137 cm³/mol. The van der Waals surface area contributed by atoms with Gasteiger partial charge < -0.3 is 9.16 Å². The summed E-state index contributed by atoms with van der Waals surface area (Å²) in [5, 5.41) is -0.140. The summed E-state index contributed by atoms with van der Waals surface area (Å²) in [6.45, 7) is 12.0. The molecule has 35 heavy (non-hydrogen) atoms. The Bertz CT molecular complexity index is 1200. The topological polar surface area (TPSA) is 90.0 Å². The number of rotatable bonds is 7. The van der Waals surface area contributed by atoms with E-state index >= 15 is 0 Å². The van der Waals surface area contributed by atoms with Crippen LogP contribution in [-0.2, 0) is 24.0 Å². The first-order valence-electron chi connectivity index (χ1n) is 11.5. The van der Waals surface area contributed by atoms with E-state index < -0.39 is 42.4 Å². The van der Waals surface area contributed by atoms with Crippen LogP contribution in [0.1, 0.15) is 36.7 Å². The van der Waals surface area contributed by atoms with Crippen LogP contribution >= 0.6 is 0 Å². The van der Waals surface area contributed by atoms with Crippen molar-refractivity contribution in [1.29, 1.82) is 0 Å². The van der Waals surface area contributed by atoms with Gasteiger partial charge in [-0.25, -0.2) is 17.5 Å². The number of carbonyl (C=O) groups is 2. The number of carbonyl (C=O) groups excluding carboxylic acids is 2. The third-order valence-electron chi connectivity index (χ3n) is 6.58. The van der Waals surface area contributed by atoms with Crippen LogP contribution < -0.4 is 0 Å². The highest BCUT2D eigenvalue weighted by molar-refractivity contribution is 7.89. The molecule has 0 spiro atoms. The minimum atomic E-state index is -4.24. The van der Waals surface area contributed by atoms with Gasteiger partial charge in [-0.1, -0.05) is 56.7 Å². The van der Waals surface area contributed by atoms with Gasteiger partial charge >= 0.3 is 5.97 Å². The van der Waals surface area contributed by atoms with Gasteiger partial charge in [0.1, 0.15) is 12.1 Å². The number of aryl methyl sites for hydroxylation is 1. The number of hydrogen-bond donors (Lipinski definition) is 0. The SMILES string of the molecule is Cc1ccc(S(=O)(=O)N2C(=O)C=C[C@H](OC(=O)c3ccccc3)[C@@H]2CO[Si](C)(C)C(C)(C)C)cc1. The van der Waals surface area contributed by atoms with E-state index in [4.69, 9.17) is 9.16 Å². The molecular weight excluding hydrogens is 482 g/mol. The van der Waals surface area contributed by atoms with E-state index in [-0.39, 0.29) is 16.5 Å². The number of nitrogens with zero attached hydrogens (tertiary/aromatic N) is 1. The van der Waals surface area contributed by atoms with Gasteiger partial charge in [-0.05, 0) is 55.4 Å². The molecule has 0 saturated carbocycles. The summed E-state index contributed by atoms with van der Waals surface area (Å²) in [5.41, 5.74) is 1.22. The van der Waals surface area contributed by atoms with Crippen LogP contribution in [0.2, 0.25) is 18.1 Å². The fraction of sp³-hybridized carbons (Fsp3) is 0.385. The van der Waals surface area contributed by atoms with Gasteiger partial charge in [0.2, 0.25) is 0 Å². The maximum Gasteiger partial charge on any atom is 0.338 e. The molecule has 9 heteroatoms. The molecule has 7 nitrogen and oxygen atoms in total. The molecule has 0 saturated heterocycles. The van der Waals surface area contributed by atoms with Crippen molar-refractivity contribution in [2.24, 2.45) is 0 Å². The second kappa shape index (κ2) is 10.1. The highest BCUT2D eigenvalue weighted by Gasteiger charge is 2.45. The zero-order chi connectivity index (χ0) is 26.0. The summed E-state index contributed by atoms with van der Waals surface area (Å²) in [6, 6.07) is 13.6. The van der Waals surface area contributed by atoms with Crippen LogP contribution in [0.5, 0.6) is 0 Å². The van der Waals surface area contributed by atoms with Crippen LogP contribution in [-0.4, -0.2) is 51.7 Å². The maximum absolute atomic E-state index is 13.6. The Hall–Kier alpha value is -2.75. The highest BCUT2D eigenvalue weighted by Crippen LogP contribution is 2.37. The molecule has 0 unspecified atom stereocenters. The van der Waals surface area contributed by atoms with Crippen molar-refractivity contribution in [3.8, 4) is 0 Å². The average Bonchev–Trinajstić information content (AvgIpc) is 2.79. The van der Waals surface area contributed by atoms with Gasteiger partial charge in [-0.2, -0.15) is 0 Å². The fourth-order valence-electron chi connectivity index (χ4n) is 3.35. The number of ether oxygens (including phenoxy) is 1. The van der Waals surface area contributed by atoms with Crippen molar-refractivity contribution >= 4 is 30.2 Å². The first-order valence-corrected chi connectivity index (χ1v) is 15.8. The smallest absolute Gasteiger partial charge is 0.338 e. The first kappa shape index (κ1) is 26.8. The molecule has 2 aromatic carbocycles. The van der Waals surface area contributed by atoms with Crippen molar-refractivity contribution in [3.63, 3.8) is 0 Å². The summed E-state index contributed by atoms with van der Waals surface area (Å²) >= 11 is 0. The second-order valence-electron chi connectivity index (χ2n) is 10.2. The van der Waals surface area contributed by atoms with Gasteiger partial charge in [0.25, 0.3) is 15.9 Å². The van der Waals surface area contributed by atoms with E-state index in [2.05, 4.69) is 20.8 Å². The zero-order valence-electron chi connectivity index (χ0n) is 21.0. The Morgan fingerprint density at radius 3 is 2.20 bits per heavy atom. The van der Waals surface area contributed by atoms with Gasteiger partial charge in [-0.15, -0.1) is 0 Å². The molecule has 3 rings (SSSR count). The van der Waals surface area contributed by atoms with Crippen LogP contribution in [0.25, 0.3) is 0 Å². The van der Waals surface area contributed by atoms with Crippen molar-refractivity contribution in [2.45, 2.75) is 62.9 Å². The lowest BCUT2D eigenvalue weighted by Gasteiger charge is -2.41. The molecule has 188 valence electrons. The number of sulfonamides is 1. The summed E-state index contributed by atoms with van der Waals surface area (Å²) in [7, 11) is -6.55.